The van der Waals surface area contributed by atoms with Crippen LogP contribution in [0.25, 0.3) is 0 Å². The van der Waals surface area contributed by atoms with E-state index in [1.165, 1.54) is 24.9 Å². The fourth-order valence-electron chi connectivity index (χ4n) is 2.86. The highest BCUT2D eigenvalue weighted by Crippen LogP contribution is 2.33. The molecular weight excluding hydrogens is 288 g/mol. The van der Waals surface area contributed by atoms with Crippen LogP contribution in [0.3, 0.4) is 0 Å². The molecule has 2 heterocycles. The minimum Gasteiger partial charge on any atom is -0.495 e. The van der Waals surface area contributed by atoms with Crippen molar-refractivity contribution in [2.24, 2.45) is 0 Å². The van der Waals surface area contributed by atoms with E-state index in [2.05, 4.69) is 17.1 Å². The van der Waals surface area contributed by atoms with E-state index in [4.69, 9.17) is 4.74 Å². The van der Waals surface area contributed by atoms with Crippen molar-refractivity contribution in [3.05, 3.63) is 15.3 Å². The number of methoxy groups -OCH3 is 1. The van der Waals surface area contributed by atoms with Crippen molar-refractivity contribution in [3.63, 3.8) is 0 Å². The Balaban J connectivity index is 2.05. The molecule has 1 aliphatic heterocycles. The van der Waals surface area contributed by atoms with E-state index in [0.29, 0.717) is 28.1 Å². The van der Waals surface area contributed by atoms with Gasteiger partial charge in [-0.2, -0.15) is 0 Å². The number of likely N-dealkylation sites (tertiary alicyclic amines) is 1. The molecule has 1 amide bonds. The van der Waals surface area contributed by atoms with Gasteiger partial charge in [-0.05, 0) is 32.9 Å². The number of amides is 1. The first-order valence-corrected chi connectivity index (χ1v) is 8.08. The molecule has 2 rings (SSSR count). The first-order valence-electron chi connectivity index (χ1n) is 7.27. The molecule has 1 unspecified atom stereocenters. The maximum Gasteiger partial charge on any atom is 0.265 e. The quantitative estimate of drug-likeness (QED) is 0.818. The standard InChI is InChI=1S/C15H22N2O3S/c1-4-17-7-5-6-11(17)8-16-15(19)14-13(20-3)10(2)12(9-18)21-14/h9,11H,4-8H2,1-3H3,(H,16,19). The van der Waals surface area contributed by atoms with Gasteiger partial charge in [-0.15, -0.1) is 11.3 Å². The van der Waals surface area contributed by atoms with Crippen molar-refractivity contribution in [1.82, 2.24) is 10.2 Å². The maximum atomic E-state index is 12.3. The molecule has 1 aliphatic rings. The molecule has 1 N–H and O–H groups in total. The van der Waals surface area contributed by atoms with E-state index >= 15 is 0 Å². The van der Waals surface area contributed by atoms with Gasteiger partial charge in [0.1, 0.15) is 10.6 Å². The van der Waals surface area contributed by atoms with E-state index < -0.39 is 0 Å². The molecule has 1 atom stereocenters. The largest absolute Gasteiger partial charge is 0.495 e. The lowest BCUT2D eigenvalue weighted by Crippen LogP contribution is -2.39. The zero-order chi connectivity index (χ0) is 15.4. The van der Waals surface area contributed by atoms with Crippen LogP contribution < -0.4 is 10.1 Å². The number of aldehydes is 1. The number of carbonyl (C=O) groups is 2. The Hall–Kier alpha value is -1.40. The maximum absolute atomic E-state index is 12.3. The van der Waals surface area contributed by atoms with E-state index in [1.54, 1.807) is 6.92 Å². The van der Waals surface area contributed by atoms with E-state index in [1.807, 2.05) is 0 Å². The predicted molar refractivity (Wildman–Crippen MR) is 83.6 cm³/mol. The number of rotatable bonds is 6. The lowest BCUT2D eigenvalue weighted by atomic mass is 10.2. The third-order valence-electron chi connectivity index (χ3n) is 4.05. The number of ether oxygens (including phenoxy) is 1. The summed E-state index contributed by atoms with van der Waals surface area (Å²) < 4.78 is 5.27. The number of thiophene rings is 1. The predicted octanol–water partition coefficient (Wildman–Crippen LogP) is 2.09. The average molecular weight is 310 g/mol. The molecule has 0 radical (unpaired) electrons. The lowest BCUT2D eigenvalue weighted by Gasteiger charge is -2.22. The van der Waals surface area contributed by atoms with Crippen LogP contribution in [0, 0.1) is 6.92 Å². The molecule has 1 saturated heterocycles. The summed E-state index contributed by atoms with van der Waals surface area (Å²) in [5.74, 6) is 0.356. The van der Waals surface area contributed by atoms with Gasteiger partial charge in [-0.25, -0.2) is 0 Å². The summed E-state index contributed by atoms with van der Waals surface area (Å²) in [5, 5.41) is 2.98. The zero-order valence-electron chi connectivity index (χ0n) is 12.8. The number of hydrogen-bond donors (Lipinski definition) is 1. The van der Waals surface area contributed by atoms with Crippen molar-refractivity contribution >= 4 is 23.5 Å². The molecule has 0 spiro atoms. The third-order valence-corrected chi connectivity index (χ3v) is 5.25. The fraction of sp³-hybridized carbons (Fsp3) is 0.600. The number of nitrogens with one attached hydrogen (secondary N) is 1. The summed E-state index contributed by atoms with van der Waals surface area (Å²) >= 11 is 1.19. The van der Waals surface area contributed by atoms with Crippen LogP contribution in [-0.2, 0) is 0 Å². The van der Waals surface area contributed by atoms with Gasteiger partial charge in [0.05, 0.1) is 12.0 Å². The van der Waals surface area contributed by atoms with Gasteiger partial charge in [0.15, 0.2) is 6.29 Å². The Bertz CT molecular complexity index is 527. The number of likely N-dealkylation sites (N-methyl/N-ethyl adjacent to an activating group) is 1. The molecule has 6 heteroatoms. The number of hydrogen-bond acceptors (Lipinski definition) is 5. The van der Waals surface area contributed by atoms with E-state index in [9.17, 15) is 9.59 Å². The molecular formula is C15H22N2O3S. The van der Waals surface area contributed by atoms with Crippen molar-refractivity contribution in [2.75, 3.05) is 26.7 Å². The van der Waals surface area contributed by atoms with E-state index in [-0.39, 0.29) is 5.91 Å². The Morgan fingerprint density at radius 1 is 1.57 bits per heavy atom. The van der Waals surface area contributed by atoms with Gasteiger partial charge in [-0.3, -0.25) is 14.5 Å². The Morgan fingerprint density at radius 3 is 2.95 bits per heavy atom. The smallest absolute Gasteiger partial charge is 0.265 e. The Labute approximate surface area is 129 Å². The zero-order valence-corrected chi connectivity index (χ0v) is 13.6. The molecule has 116 valence electrons. The first kappa shape index (κ1) is 16.0. The SMILES string of the molecule is CCN1CCCC1CNC(=O)c1sc(C=O)c(C)c1OC. The number of carbonyl (C=O) groups excluding carboxylic acids is 2. The minimum atomic E-state index is -0.156. The van der Waals surface area contributed by atoms with Crippen LogP contribution in [0.4, 0.5) is 0 Å². The molecule has 0 aliphatic carbocycles. The fourth-order valence-corrected chi connectivity index (χ4v) is 3.86. The van der Waals surface area contributed by atoms with Gasteiger partial charge in [-0.1, -0.05) is 6.92 Å². The minimum absolute atomic E-state index is 0.156. The third kappa shape index (κ3) is 3.27. The number of nitrogens with zero attached hydrogens (tertiary/aromatic N) is 1. The second kappa shape index (κ2) is 7.04. The van der Waals surface area contributed by atoms with Gasteiger partial charge < -0.3 is 10.1 Å². The van der Waals surface area contributed by atoms with Gasteiger partial charge in [0, 0.05) is 18.2 Å². The monoisotopic (exact) mass is 310 g/mol. The van der Waals surface area contributed by atoms with Crippen LogP contribution in [-0.4, -0.2) is 49.9 Å². The Morgan fingerprint density at radius 2 is 2.33 bits per heavy atom. The van der Waals surface area contributed by atoms with Crippen LogP contribution in [0.5, 0.6) is 5.75 Å². The molecule has 1 aromatic heterocycles. The van der Waals surface area contributed by atoms with E-state index in [0.717, 1.165) is 31.4 Å². The summed E-state index contributed by atoms with van der Waals surface area (Å²) in [5.41, 5.74) is 0.735. The Kier molecular flexibility index (Phi) is 5.36. The van der Waals surface area contributed by atoms with Crippen molar-refractivity contribution in [1.29, 1.82) is 0 Å². The normalized spacial score (nSPS) is 18.7. The van der Waals surface area contributed by atoms with Gasteiger partial charge in [0.25, 0.3) is 5.91 Å². The summed E-state index contributed by atoms with van der Waals surface area (Å²) in [6.45, 7) is 6.70. The average Bonchev–Trinajstić information content (AvgIpc) is 3.08. The molecule has 1 aromatic rings. The summed E-state index contributed by atoms with van der Waals surface area (Å²) in [6.07, 6.45) is 3.08. The molecule has 21 heavy (non-hydrogen) atoms. The topological polar surface area (TPSA) is 58.6 Å². The molecule has 0 aromatic carbocycles. The highest BCUT2D eigenvalue weighted by molar-refractivity contribution is 7.16. The molecule has 0 bridgehead atoms. The van der Waals surface area contributed by atoms with Crippen LogP contribution >= 0.6 is 11.3 Å². The first-order chi connectivity index (χ1) is 10.1. The highest BCUT2D eigenvalue weighted by Gasteiger charge is 2.25. The lowest BCUT2D eigenvalue weighted by molar-refractivity contribution is 0.0942. The van der Waals surface area contributed by atoms with Crippen molar-refractivity contribution in [2.45, 2.75) is 32.7 Å². The molecule has 5 nitrogen and oxygen atoms in total. The summed E-state index contributed by atoms with van der Waals surface area (Å²) in [4.78, 5) is 26.8. The van der Waals surface area contributed by atoms with Gasteiger partial charge in [0.2, 0.25) is 0 Å². The molecule has 0 saturated carbocycles. The van der Waals surface area contributed by atoms with Crippen LogP contribution in [0.15, 0.2) is 0 Å². The second-order valence-electron chi connectivity index (χ2n) is 5.21. The highest BCUT2D eigenvalue weighted by atomic mass is 32.1. The van der Waals surface area contributed by atoms with Gasteiger partial charge >= 0.3 is 0 Å². The van der Waals surface area contributed by atoms with Crippen LogP contribution in [0.1, 0.15) is 44.7 Å². The van der Waals surface area contributed by atoms with Crippen LogP contribution in [0.2, 0.25) is 0 Å². The summed E-state index contributed by atoms with van der Waals surface area (Å²) in [7, 11) is 1.52. The second-order valence-corrected chi connectivity index (χ2v) is 6.26. The van der Waals surface area contributed by atoms with Crippen molar-refractivity contribution < 1.29 is 14.3 Å². The van der Waals surface area contributed by atoms with Crippen molar-refractivity contribution in [3.8, 4) is 5.75 Å². The summed E-state index contributed by atoms with van der Waals surface area (Å²) in [6, 6.07) is 0.413. The molecule has 1 fully saturated rings.